The van der Waals surface area contributed by atoms with Crippen molar-refractivity contribution in [2.24, 2.45) is 0 Å². The number of nitrogens with zero attached hydrogens (tertiary/aromatic N) is 1. The highest BCUT2D eigenvalue weighted by Gasteiger charge is 2.34. The van der Waals surface area contributed by atoms with Crippen molar-refractivity contribution >= 4 is 17.7 Å². The van der Waals surface area contributed by atoms with Gasteiger partial charge in [0.2, 0.25) is 5.91 Å². The molecule has 0 aromatic heterocycles. The second-order valence-corrected chi connectivity index (χ2v) is 5.54. The molecule has 1 aliphatic rings. The Labute approximate surface area is 119 Å². The minimum absolute atomic E-state index is 0.0233. The Morgan fingerprint density at radius 1 is 1.35 bits per heavy atom. The summed E-state index contributed by atoms with van der Waals surface area (Å²) in [5, 5.41) is 2.77. The predicted octanol–water partition coefficient (Wildman–Crippen LogP) is 2.50. The minimum Gasteiger partial charge on any atom is -0.325 e. The molecule has 1 aromatic rings. The minimum atomic E-state index is -4.33. The Hall–Kier alpha value is -1.21. The summed E-state index contributed by atoms with van der Waals surface area (Å²) in [7, 11) is 1.79. The molecule has 1 aliphatic heterocycles. The first kappa shape index (κ1) is 15.2. The van der Waals surface area contributed by atoms with Gasteiger partial charge in [0.25, 0.3) is 0 Å². The smallest absolute Gasteiger partial charge is 0.325 e. The molecule has 20 heavy (non-hydrogen) atoms. The zero-order chi connectivity index (χ0) is 14.8. The van der Waals surface area contributed by atoms with Crippen LogP contribution in [0.15, 0.2) is 24.3 Å². The lowest BCUT2D eigenvalue weighted by molar-refractivity contribution is -0.137. The number of halogens is 3. The van der Waals surface area contributed by atoms with Crippen LogP contribution in [-0.2, 0) is 11.0 Å². The van der Waals surface area contributed by atoms with Crippen LogP contribution in [-0.4, -0.2) is 36.7 Å². The summed E-state index contributed by atoms with van der Waals surface area (Å²) in [6, 6.07) is 5.03. The average molecular weight is 304 g/mol. The van der Waals surface area contributed by atoms with Crippen LogP contribution in [0.2, 0.25) is 0 Å². The van der Waals surface area contributed by atoms with Gasteiger partial charge < -0.3 is 10.2 Å². The van der Waals surface area contributed by atoms with E-state index in [0.717, 1.165) is 17.7 Å². The summed E-state index contributed by atoms with van der Waals surface area (Å²) >= 11 is 1.44. The number of likely N-dealkylation sites (N-methyl/N-ethyl adjacent to an activating group) is 1. The van der Waals surface area contributed by atoms with Crippen molar-refractivity contribution in [2.75, 3.05) is 25.9 Å². The molecular formula is C13H15F3N2OS. The fourth-order valence-corrected chi connectivity index (χ4v) is 3.26. The summed E-state index contributed by atoms with van der Waals surface area (Å²) in [4.78, 5) is 13.5. The molecule has 0 saturated carbocycles. The largest absolute Gasteiger partial charge is 0.416 e. The lowest BCUT2D eigenvalue weighted by atomic mass is 10.1. The number of alkyl halides is 3. The van der Waals surface area contributed by atoms with E-state index in [4.69, 9.17) is 0 Å². The zero-order valence-corrected chi connectivity index (χ0v) is 11.7. The first-order chi connectivity index (χ1) is 9.43. The first-order valence-corrected chi connectivity index (χ1v) is 7.21. The van der Waals surface area contributed by atoms with Gasteiger partial charge in [-0.25, -0.2) is 0 Å². The number of hydrogen-bond donors (Lipinski definition) is 1. The highest BCUT2D eigenvalue weighted by Crippen LogP contribution is 2.39. The van der Waals surface area contributed by atoms with Crippen LogP contribution in [0.1, 0.15) is 16.5 Å². The van der Waals surface area contributed by atoms with Gasteiger partial charge in [0.1, 0.15) is 5.37 Å². The number of benzene rings is 1. The number of hydrogen-bond acceptors (Lipinski definition) is 3. The average Bonchev–Trinajstić information content (AvgIpc) is 2.77. The second-order valence-electron chi connectivity index (χ2n) is 4.47. The van der Waals surface area contributed by atoms with E-state index in [-0.39, 0.29) is 11.3 Å². The van der Waals surface area contributed by atoms with E-state index in [2.05, 4.69) is 5.32 Å². The van der Waals surface area contributed by atoms with E-state index in [1.54, 1.807) is 11.9 Å². The van der Waals surface area contributed by atoms with Crippen LogP contribution >= 0.6 is 11.8 Å². The standard InChI is InChI=1S/C13H15F3N2OS/c1-17-6-7-18-11(19)8-20-12(18)9-2-4-10(5-3-9)13(14,15)16/h2-5,12,17H,6-8H2,1H3/t12-/m1/s1. The summed E-state index contributed by atoms with van der Waals surface area (Å²) in [5.41, 5.74) is 0.0577. The first-order valence-electron chi connectivity index (χ1n) is 6.16. The van der Waals surface area contributed by atoms with Crippen molar-refractivity contribution in [1.29, 1.82) is 0 Å². The third kappa shape index (κ3) is 3.27. The third-order valence-electron chi connectivity index (χ3n) is 3.09. The molecule has 0 aliphatic carbocycles. The molecule has 110 valence electrons. The molecule has 1 N–H and O–H groups in total. The molecule has 1 atom stereocenters. The third-order valence-corrected chi connectivity index (χ3v) is 4.35. The van der Waals surface area contributed by atoms with E-state index in [1.165, 1.54) is 23.9 Å². The van der Waals surface area contributed by atoms with E-state index in [0.29, 0.717) is 18.8 Å². The molecule has 1 fully saturated rings. The van der Waals surface area contributed by atoms with Gasteiger partial charge in [0.15, 0.2) is 0 Å². The quantitative estimate of drug-likeness (QED) is 0.927. The lowest BCUT2D eigenvalue weighted by Gasteiger charge is -2.24. The molecule has 0 spiro atoms. The number of carbonyl (C=O) groups excluding carboxylic acids is 1. The Kier molecular flexibility index (Phi) is 4.59. The van der Waals surface area contributed by atoms with Gasteiger partial charge in [0.05, 0.1) is 11.3 Å². The lowest BCUT2D eigenvalue weighted by Crippen LogP contribution is -2.34. The molecule has 3 nitrogen and oxygen atoms in total. The van der Waals surface area contributed by atoms with Gasteiger partial charge in [-0.05, 0) is 24.7 Å². The summed E-state index contributed by atoms with van der Waals surface area (Å²) in [6.07, 6.45) is -4.33. The van der Waals surface area contributed by atoms with E-state index in [1.807, 2.05) is 0 Å². The van der Waals surface area contributed by atoms with Crippen molar-refractivity contribution in [2.45, 2.75) is 11.6 Å². The maximum absolute atomic E-state index is 12.5. The predicted molar refractivity (Wildman–Crippen MR) is 72.3 cm³/mol. The van der Waals surface area contributed by atoms with Crippen molar-refractivity contribution < 1.29 is 18.0 Å². The highest BCUT2D eigenvalue weighted by atomic mass is 32.2. The molecule has 1 saturated heterocycles. The monoisotopic (exact) mass is 304 g/mol. The van der Waals surface area contributed by atoms with E-state index >= 15 is 0 Å². The van der Waals surface area contributed by atoms with E-state index in [9.17, 15) is 18.0 Å². The maximum Gasteiger partial charge on any atom is 0.416 e. The molecule has 1 aromatic carbocycles. The van der Waals surface area contributed by atoms with Crippen molar-refractivity contribution in [3.05, 3.63) is 35.4 Å². The van der Waals surface area contributed by atoms with Gasteiger partial charge in [-0.15, -0.1) is 11.8 Å². The fourth-order valence-electron chi connectivity index (χ4n) is 2.04. The second kappa shape index (κ2) is 6.05. The molecule has 1 amide bonds. The number of carbonyl (C=O) groups is 1. The Bertz CT molecular complexity index is 475. The Morgan fingerprint density at radius 3 is 2.55 bits per heavy atom. The molecule has 0 unspecified atom stereocenters. The number of amides is 1. The van der Waals surface area contributed by atoms with Gasteiger partial charge >= 0.3 is 6.18 Å². The van der Waals surface area contributed by atoms with Gasteiger partial charge in [-0.1, -0.05) is 12.1 Å². The van der Waals surface area contributed by atoms with E-state index < -0.39 is 11.7 Å². The Morgan fingerprint density at radius 2 is 2.00 bits per heavy atom. The molecule has 2 rings (SSSR count). The fraction of sp³-hybridized carbons (Fsp3) is 0.462. The summed E-state index contributed by atoms with van der Waals surface area (Å²) in [6.45, 7) is 1.21. The topological polar surface area (TPSA) is 32.3 Å². The molecule has 7 heteroatoms. The van der Waals surface area contributed by atoms with Crippen molar-refractivity contribution in [3.8, 4) is 0 Å². The van der Waals surface area contributed by atoms with Crippen LogP contribution in [0.3, 0.4) is 0 Å². The highest BCUT2D eigenvalue weighted by molar-refractivity contribution is 8.00. The van der Waals surface area contributed by atoms with Crippen molar-refractivity contribution in [3.63, 3.8) is 0 Å². The van der Waals surface area contributed by atoms with Crippen LogP contribution < -0.4 is 5.32 Å². The van der Waals surface area contributed by atoms with Crippen molar-refractivity contribution in [1.82, 2.24) is 10.2 Å². The molecule has 0 radical (unpaired) electrons. The van der Waals surface area contributed by atoms with Gasteiger partial charge in [0, 0.05) is 13.1 Å². The number of thioether (sulfide) groups is 1. The maximum atomic E-state index is 12.5. The Balaban J connectivity index is 2.16. The molecular weight excluding hydrogens is 289 g/mol. The SMILES string of the molecule is CNCCN1C(=O)CS[C@@H]1c1ccc(C(F)(F)F)cc1. The number of nitrogens with one attached hydrogen (secondary N) is 1. The van der Waals surface area contributed by atoms with Crippen LogP contribution in [0.25, 0.3) is 0 Å². The van der Waals surface area contributed by atoms with Gasteiger partial charge in [-0.2, -0.15) is 13.2 Å². The summed E-state index contributed by atoms with van der Waals surface area (Å²) < 4.78 is 37.6. The summed E-state index contributed by atoms with van der Waals surface area (Å²) in [5.74, 6) is 0.394. The molecule has 0 bridgehead atoms. The van der Waals surface area contributed by atoms with Crippen LogP contribution in [0, 0.1) is 0 Å². The van der Waals surface area contributed by atoms with Crippen LogP contribution in [0.5, 0.6) is 0 Å². The van der Waals surface area contributed by atoms with Crippen LogP contribution in [0.4, 0.5) is 13.2 Å². The zero-order valence-electron chi connectivity index (χ0n) is 10.9. The molecule has 1 heterocycles. The van der Waals surface area contributed by atoms with Gasteiger partial charge in [-0.3, -0.25) is 4.79 Å². The normalized spacial score (nSPS) is 19.7. The number of rotatable bonds is 4.